The number of aromatic nitrogens is 4. The first-order chi connectivity index (χ1) is 8.75. The molecule has 0 spiro atoms. The monoisotopic (exact) mass is 281 g/mol. The number of imidazole rings is 1. The van der Waals surface area contributed by atoms with Crippen molar-refractivity contribution in [2.75, 3.05) is 0 Å². The second-order valence-electron chi connectivity index (χ2n) is 5.34. The van der Waals surface area contributed by atoms with Crippen LogP contribution in [0.1, 0.15) is 37.8 Å². The van der Waals surface area contributed by atoms with Crippen LogP contribution in [0.25, 0.3) is 11.3 Å². The topological polar surface area (TPSA) is 78.7 Å². The summed E-state index contributed by atoms with van der Waals surface area (Å²) in [7, 11) is 0. The van der Waals surface area contributed by atoms with Gasteiger partial charge in [-0.05, 0) is 25.7 Å². The van der Waals surface area contributed by atoms with Crippen LogP contribution < -0.4 is 11.4 Å². The molecule has 0 atom stereocenters. The lowest BCUT2D eigenvalue weighted by Crippen LogP contribution is -2.41. The lowest BCUT2D eigenvalue weighted by Gasteiger charge is -2.32. The number of rotatable bonds is 2. The maximum absolute atomic E-state index is 12.5. The highest BCUT2D eigenvalue weighted by Crippen LogP contribution is 2.37. The van der Waals surface area contributed by atoms with Gasteiger partial charge in [0.1, 0.15) is 0 Å². The molecule has 4 rings (SSSR count). The van der Waals surface area contributed by atoms with Gasteiger partial charge < -0.3 is 5.73 Å². The van der Waals surface area contributed by atoms with Gasteiger partial charge in [-0.15, -0.1) is 12.4 Å². The van der Waals surface area contributed by atoms with Crippen molar-refractivity contribution in [3.8, 4) is 0 Å². The third-order valence-electron chi connectivity index (χ3n) is 3.96. The number of hydrogen-bond donors (Lipinski definition) is 1. The van der Waals surface area contributed by atoms with E-state index in [0.717, 1.165) is 31.3 Å². The van der Waals surface area contributed by atoms with Crippen molar-refractivity contribution < 1.29 is 0 Å². The van der Waals surface area contributed by atoms with Crippen LogP contribution in [0.4, 0.5) is 0 Å². The Morgan fingerprint density at radius 1 is 1.05 bits per heavy atom. The summed E-state index contributed by atoms with van der Waals surface area (Å²) in [5.74, 6) is 0. The van der Waals surface area contributed by atoms with Crippen LogP contribution in [-0.2, 0) is 0 Å². The Labute approximate surface area is 116 Å². The molecule has 7 heteroatoms. The van der Waals surface area contributed by atoms with Crippen molar-refractivity contribution in [3.63, 3.8) is 0 Å². The highest BCUT2D eigenvalue weighted by atomic mass is 35.5. The van der Waals surface area contributed by atoms with Gasteiger partial charge in [-0.25, -0.2) is 14.8 Å². The Hall–Kier alpha value is -1.40. The van der Waals surface area contributed by atoms with E-state index in [0.29, 0.717) is 11.7 Å². The summed E-state index contributed by atoms with van der Waals surface area (Å²) in [6.45, 7) is 0. The summed E-state index contributed by atoms with van der Waals surface area (Å²) in [5, 5.41) is 0. The zero-order valence-electron chi connectivity index (χ0n) is 10.4. The van der Waals surface area contributed by atoms with Crippen molar-refractivity contribution in [2.24, 2.45) is 5.73 Å². The fraction of sp³-hybridized carbons (Fsp3) is 0.583. The Morgan fingerprint density at radius 3 is 2.05 bits per heavy atom. The first-order valence-corrected chi connectivity index (χ1v) is 6.44. The Kier molecular flexibility index (Phi) is 2.87. The highest BCUT2D eigenvalue weighted by Gasteiger charge is 2.35. The molecule has 0 amide bonds. The standard InChI is InChI=1S/C12H15N5O.ClH/c13-7-5-9(6-7)17-11-10(14-3-4-15-11)16(12(17)18)8-1-2-8;/h3-4,7-9H,1-2,5-6,13H2;1H. The fourth-order valence-electron chi connectivity index (χ4n) is 2.79. The lowest BCUT2D eigenvalue weighted by molar-refractivity contribution is 0.264. The molecule has 0 unspecified atom stereocenters. The molecule has 2 fully saturated rings. The van der Waals surface area contributed by atoms with Gasteiger partial charge in [-0.2, -0.15) is 0 Å². The van der Waals surface area contributed by atoms with Crippen molar-refractivity contribution in [2.45, 2.75) is 43.8 Å². The Balaban J connectivity index is 0.00000110. The summed E-state index contributed by atoms with van der Waals surface area (Å²) in [6, 6.07) is 0.747. The molecule has 0 saturated heterocycles. The van der Waals surface area contributed by atoms with Crippen molar-refractivity contribution in [1.29, 1.82) is 0 Å². The lowest BCUT2D eigenvalue weighted by atomic mass is 9.87. The van der Waals surface area contributed by atoms with Crippen LogP contribution in [-0.4, -0.2) is 25.1 Å². The zero-order valence-corrected chi connectivity index (χ0v) is 11.2. The normalized spacial score (nSPS) is 25.9. The predicted octanol–water partition coefficient (Wildman–Crippen LogP) is 1.01. The predicted molar refractivity (Wildman–Crippen MR) is 73.6 cm³/mol. The molecule has 2 aromatic heterocycles. The molecule has 0 aliphatic heterocycles. The quantitative estimate of drug-likeness (QED) is 0.891. The van der Waals surface area contributed by atoms with E-state index in [1.807, 2.05) is 4.57 Å². The highest BCUT2D eigenvalue weighted by molar-refractivity contribution is 5.85. The van der Waals surface area contributed by atoms with E-state index < -0.39 is 0 Å². The minimum absolute atomic E-state index is 0. The third kappa shape index (κ3) is 1.78. The van der Waals surface area contributed by atoms with E-state index in [1.165, 1.54) is 0 Å². The number of nitrogens with zero attached hydrogens (tertiary/aromatic N) is 4. The average Bonchev–Trinajstić information content (AvgIpc) is 3.10. The molecule has 0 aromatic carbocycles. The number of halogens is 1. The molecule has 0 radical (unpaired) electrons. The van der Waals surface area contributed by atoms with Gasteiger partial charge in [0, 0.05) is 30.5 Å². The van der Waals surface area contributed by atoms with Gasteiger partial charge in [-0.1, -0.05) is 0 Å². The smallest absolute Gasteiger partial charge is 0.328 e. The number of fused-ring (bicyclic) bond motifs is 1. The molecule has 2 aliphatic rings. The van der Waals surface area contributed by atoms with Crippen LogP contribution >= 0.6 is 12.4 Å². The van der Waals surface area contributed by atoms with Crippen molar-refractivity contribution >= 4 is 23.7 Å². The maximum Gasteiger partial charge on any atom is 0.332 e. The van der Waals surface area contributed by atoms with Crippen LogP contribution in [0, 0.1) is 0 Å². The second kappa shape index (κ2) is 4.31. The molecule has 102 valence electrons. The van der Waals surface area contributed by atoms with Gasteiger partial charge in [0.2, 0.25) is 0 Å². The van der Waals surface area contributed by atoms with Gasteiger partial charge in [0.05, 0.1) is 0 Å². The van der Waals surface area contributed by atoms with Crippen LogP contribution in [0.3, 0.4) is 0 Å². The molecule has 2 aromatic rings. The number of hydrogen-bond acceptors (Lipinski definition) is 4. The molecule has 6 nitrogen and oxygen atoms in total. The number of nitrogens with two attached hydrogens (primary N) is 1. The molecule has 2 saturated carbocycles. The van der Waals surface area contributed by atoms with E-state index in [-0.39, 0.29) is 30.2 Å². The van der Waals surface area contributed by atoms with E-state index in [9.17, 15) is 4.79 Å². The molecule has 2 N–H and O–H groups in total. The molecule has 19 heavy (non-hydrogen) atoms. The molecule has 2 aliphatic carbocycles. The van der Waals surface area contributed by atoms with Gasteiger partial charge in [0.25, 0.3) is 0 Å². The van der Waals surface area contributed by atoms with E-state index in [2.05, 4.69) is 9.97 Å². The van der Waals surface area contributed by atoms with Crippen LogP contribution in [0.15, 0.2) is 17.2 Å². The SMILES string of the molecule is Cl.NC1CC(n2c(=O)n(C3CC3)c3nccnc32)C1. The van der Waals surface area contributed by atoms with Crippen LogP contribution in [0.5, 0.6) is 0 Å². The van der Waals surface area contributed by atoms with E-state index in [4.69, 9.17) is 5.73 Å². The van der Waals surface area contributed by atoms with Crippen LogP contribution in [0.2, 0.25) is 0 Å². The fourth-order valence-corrected chi connectivity index (χ4v) is 2.79. The minimum atomic E-state index is 0. The van der Waals surface area contributed by atoms with Gasteiger partial charge >= 0.3 is 5.69 Å². The average molecular weight is 282 g/mol. The summed E-state index contributed by atoms with van der Waals surface area (Å²) in [5.41, 5.74) is 7.30. The molecule has 2 heterocycles. The summed E-state index contributed by atoms with van der Waals surface area (Å²) in [4.78, 5) is 21.2. The zero-order chi connectivity index (χ0) is 12.3. The van der Waals surface area contributed by atoms with E-state index in [1.54, 1.807) is 17.0 Å². The van der Waals surface area contributed by atoms with Gasteiger partial charge in [-0.3, -0.25) is 9.13 Å². The van der Waals surface area contributed by atoms with Crippen molar-refractivity contribution in [3.05, 3.63) is 22.9 Å². The van der Waals surface area contributed by atoms with Crippen molar-refractivity contribution in [1.82, 2.24) is 19.1 Å². The molecular weight excluding hydrogens is 266 g/mol. The largest absolute Gasteiger partial charge is 0.332 e. The first-order valence-electron chi connectivity index (χ1n) is 6.44. The van der Waals surface area contributed by atoms with E-state index >= 15 is 0 Å². The summed E-state index contributed by atoms with van der Waals surface area (Å²) < 4.78 is 3.61. The Bertz CT molecular complexity index is 668. The second-order valence-corrected chi connectivity index (χ2v) is 5.34. The summed E-state index contributed by atoms with van der Waals surface area (Å²) in [6.07, 6.45) is 7.16. The Morgan fingerprint density at radius 2 is 1.58 bits per heavy atom. The molecule has 0 bridgehead atoms. The maximum atomic E-state index is 12.5. The summed E-state index contributed by atoms with van der Waals surface area (Å²) >= 11 is 0. The first kappa shape index (κ1) is 12.6. The third-order valence-corrected chi connectivity index (χ3v) is 3.96. The minimum Gasteiger partial charge on any atom is -0.328 e. The van der Waals surface area contributed by atoms with Gasteiger partial charge in [0.15, 0.2) is 11.3 Å². The molecular formula is C12H16ClN5O.